The van der Waals surface area contributed by atoms with Crippen molar-refractivity contribution in [2.75, 3.05) is 0 Å². The van der Waals surface area contributed by atoms with E-state index in [4.69, 9.17) is 11.6 Å². The van der Waals surface area contributed by atoms with Crippen LogP contribution in [0.1, 0.15) is 16.3 Å². The van der Waals surface area contributed by atoms with Gasteiger partial charge in [-0.2, -0.15) is 0 Å². The SMILES string of the molecule is Cc1sc2nc(Cn3[nH]c(=O)ccc3=O)nc(Cl)c2c1C. The number of fused-ring (bicyclic) bond motifs is 1. The molecule has 0 fully saturated rings. The van der Waals surface area contributed by atoms with Crippen molar-refractivity contribution in [3.8, 4) is 0 Å². The first kappa shape index (κ1) is 14.0. The second-order valence-electron chi connectivity index (χ2n) is 4.63. The Morgan fingerprint density at radius 2 is 2.05 bits per heavy atom. The van der Waals surface area contributed by atoms with Gasteiger partial charge in [0, 0.05) is 17.0 Å². The summed E-state index contributed by atoms with van der Waals surface area (Å²) < 4.78 is 1.16. The average Bonchev–Trinajstić information content (AvgIpc) is 2.70. The lowest BCUT2D eigenvalue weighted by molar-refractivity contribution is 0.606. The van der Waals surface area contributed by atoms with Crippen molar-refractivity contribution < 1.29 is 0 Å². The van der Waals surface area contributed by atoms with Gasteiger partial charge in [0.1, 0.15) is 16.5 Å². The van der Waals surface area contributed by atoms with Gasteiger partial charge in [0.2, 0.25) is 0 Å². The highest BCUT2D eigenvalue weighted by atomic mass is 35.5. The van der Waals surface area contributed by atoms with Gasteiger partial charge in [0.05, 0.1) is 5.39 Å². The number of nitrogens with one attached hydrogen (secondary N) is 1. The molecule has 0 spiro atoms. The van der Waals surface area contributed by atoms with E-state index in [-0.39, 0.29) is 17.7 Å². The van der Waals surface area contributed by atoms with Crippen molar-refractivity contribution in [1.82, 2.24) is 19.7 Å². The number of aromatic nitrogens is 4. The monoisotopic (exact) mass is 322 g/mol. The molecule has 0 aromatic carbocycles. The van der Waals surface area contributed by atoms with Gasteiger partial charge >= 0.3 is 0 Å². The molecular weight excluding hydrogens is 312 g/mol. The Morgan fingerprint density at radius 3 is 2.81 bits per heavy atom. The molecule has 3 rings (SSSR count). The molecule has 3 aromatic heterocycles. The summed E-state index contributed by atoms with van der Waals surface area (Å²) >= 11 is 7.74. The van der Waals surface area contributed by atoms with Crippen molar-refractivity contribution in [3.63, 3.8) is 0 Å². The highest BCUT2D eigenvalue weighted by Gasteiger charge is 2.13. The molecule has 3 aromatic rings. The maximum atomic E-state index is 11.7. The number of halogens is 1. The summed E-state index contributed by atoms with van der Waals surface area (Å²) in [5.74, 6) is 0.387. The fourth-order valence-electron chi connectivity index (χ4n) is 2.03. The molecular formula is C13H11ClN4O2S. The van der Waals surface area contributed by atoms with Gasteiger partial charge in [-0.3, -0.25) is 14.7 Å². The number of hydrogen-bond acceptors (Lipinski definition) is 5. The van der Waals surface area contributed by atoms with Crippen LogP contribution in [0.5, 0.6) is 0 Å². The minimum Gasteiger partial charge on any atom is -0.268 e. The molecule has 1 N–H and O–H groups in total. The molecule has 0 aliphatic heterocycles. The van der Waals surface area contributed by atoms with Crippen LogP contribution in [0.3, 0.4) is 0 Å². The number of H-pyrrole nitrogens is 1. The maximum Gasteiger partial charge on any atom is 0.265 e. The van der Waals surface area contributed by atoms with Crippen molar-refractivity contribution >= 4 is 33.2 Å². The molecule has 0 unspecified atom stereocenters. The van der Waals surface area contributed by atoms with Crippen LogP contribution in [0.25, 0.3) is 10.2 Å². The predicted octanol–water partition coefficient (Wildman–Crippen LogP) is 1.86. The molecule has 0 bridgehead atoms. The van der Waals surface area contributed by atoms with Crippen molar-refractivity contribution in [2.24, 2.45) is 0 Å². The van der Waals surface area contributed by atoms with Gasteiger partial charge in [-0.25, -0.2) is 14.6 Å². The molecule has 0 aliphatic rings. The summed E-state index contributed by atoms with van der Waals surface area (Å²) in [5, 5.41) is 3.65. The van der Waals surface area contributed by atoms with Gasteiger partial charge in [-0.1, -0.05) is 11.6 Å². The quantitative estimate of drug-likeness (QED) is 0.730. The van der Waals surface area contributed by atoms with Crippen molar-refractivity contribution in [2.45, 2.75) is 20.4 Å². The number of aryl methyl sites for hydroxylation is 2. The van der Waals surface area contributed by atoms with Crippen LogP contribution in [-0.2, 0) is 6.54 Å². The Morgan fingerprint density at radius 1 is 1.29 bits per heavy atom. The van der Waals surface area contributed by atoms with Crippen LogP contribution in [0.2, 0.25) is 5.15 Å². The third-order valence-corrected chi connectivity index (χ3v) is 4.59. The van der Waals surface area contributed by atoms with E-state index in [2.05, 4.69) is 15.1 Å². The Balaban J connectivity index is 2.11. The minimum atomic E-state index is -0.357. The fraction of sp³-hybridized carbons (Fsp3) is 0.231. The number of rotatable bonds is 2. The molecule has 0 radical (unpaired) electrons. The lowest BCUT2D eigenvalue weighted by Crippen LogP contribution is -2.28. The van der Waals surface area contributed by atoms with E-state index < -0.39 is 0 Å². The molecule has 108 valence electrons. The summed E-state index contributed by atoms with van der Waals surface area (Å²) in [7, 11) is 0. The Bertz CT molecular complexity index is 957. The van der Waals surface area contributed by atoms with Gasteiger partial charge in [0.25, 0.3) is 11.1 Å². The first-order valence-corrected chi connectivity index (χ1v) is 7.37. The van der Waals surface area contributed by atoms with E-state index in [0.29, 0.717) is 11.0 Å². The molecule has 0 amide bonds. The van der Waals surface area contributed by atoms with Crippen molar-refractivity contribution in [3.05, 3.63) is 54.3 Å². The summed E-state index contributed by atoms with van der Waals surface area (Å²) in [5.41, 5.74) is 0.384. The van der Waals surface area contributed by atoms with E-state index in [9.17, 15) is 9.59 Å². The Kier molecular flexibility index (Phi) is 3.38. The third kappa shape index (κ3) is 2.50. The fourth-order valence-corrected chi connectivity index (χ4v) is 3.47. The molecule has 6 nitrogen and oxygen atoms in total. The molecule has 0 atom stereocenters. The molecule has 3 heterocycles. The zero-order chi connectivity index (χ0) is 15.1. The number of thiophene rings is 1. The summed E-state index contributed by atoms with van der Waals surface area (Å²) in [4.78, 5) is 33.5. The van der Waals surface area contributed by atoms with Gasteiger partial charge in [-0.05, 0) is 19.4 Å². The molecule has 8 heteroatoms. The zero-order valence-corrected chi connectivity index (χ0v) is 12.9. The Hall–Kier alpha value is -1.99. The average molecular weight is 323 g/mol. The van der Waals surface area contributed by atoms with E-state index >= 15 is 0 Å². The van der Waals surface area contributed by atoms with Crippen LogP contribution < -0.4 is 11.1 Å². The molecule has 0 saturated heterocycles. The predicted molar refractivity (Wildman–Crippen MR) is 82.3 cm³/mol. The number of aromatic amines is 1. The topological polar surface area (TPSA) is 80.6 Å². The standard InChI is InChI=1S/C13H11ClN4O2S/c1-6-7(2)21-13-11(6)12(14)15-8(16-13)5-18-10(20)4-3-9(19)17-18/h3-4H,5H2,1-2H3,(H,17,19). The second-order valence-corrected chi connectivity index (χ2v) is 6.19. The van der Waals surface area contributed by atoms with Gasteiger partial charge < -0.3 is 0 Å². The van der Waals surface area contributed by atoms with Crippen LogP contribution in [0.15, 0.2) is 21.7 Å². The van der Waals surface area contributed by atoms with E-state index in [1.807, 2.05) is 13.8 Å². The minimum absolute atomic E-state index is 0.0700. The van der Waals surface area contributed by atoms with E-state index in [1.165, 1.54) is 23.5 Å². The zero-order valence-electron chi connectivity index (χ0n) is 11.3. The summed E-state index contributed by atoms with van der Waals surface area (Å²) in [6.07, 6.45) is 0. The summed E-state index contributed by atoms with van der Waals surface area (Å²) in [6, 6.07) is 2.39. The van der Waals surface area contributed by atoms with Gasteiger partial charge in [0.15, 0.2) is 5.82 Å². The molecule has 0 aliphatic carbocycles. The highest BCUT2D eigenvalue weighted by molar-refractivity contribution is 7.18. The lowest BCUT2D eigenvalue weighted by Gasteiger charge is -2.04. The normalized spacial score (nSPS) is 11.2. The van der Waals surface area contributed by atoms with Crippen LogP contribution in [-0.4, -0.2) is 19.7 Å². The summed E-state index contributed by atoms with van der Waals surface area (Å²) in [6.45, 7) is 4.04. The number of nitrogens with zero attached hydrogens (tertiary/aromatic N) is 3. The smallest absolute Gasteiger partial charge is 0.265 e. The molecule has 0 saturated carbocycles. The highest BCUT2D eigenvalue weighted by Crippen LogP contribution is 2.32. The Labute approximate surface area is 128 Å². The van der Waals surface area contributed by atoms with Crippen LogP contribution in [0, 0.1) is 13.8 Å². The van der Waals surface area contributed by atoms with E-state index in [0.717, 1.165) is 25.3 Å². The third-order valence-electron chi connectivity index (χ3n) is 3.22. The first-order valence-electron chi connectivity index (χ1n) is 6.18. The lowest BCUT2D eigenvalue weighted by atomic mass is 10.2. The number of hydrogen-bond donors (Lipinski definition) is 1. The van der Waals surface area contributed by atoms with Crippen LogP contribution >= 0.6 is 22.9 Å². The molecule has 21 heavy (non-hydrogen) atoms. The largest absolute Gasteiger partial charge is 0.268 e. The van der Waals surface area contributed by atoms with Crippen molar-refractivity contribution in [1.29, 1.82) is 0 Å². The van der Waals surface area contributed by atoms with E-state index in [1.54, 1.807) is 0 Å². The maximum absolute atomic E-state index is 11.7. The van der Waals surface area contributed by atoms with Gasteiger partial charge in [-0.15, -0.1) is 11.3 Å². The van der Waals surface area contributed by atoms with Crippen LogP contribution in [0.4, 0.5) is 0 Å². The second kappa shape index (κ2) is 5.09. The first-order chi connectivity index (χ1) is 9.95.